The van der Waals surface area contributed by atoms with Gasteiger partial charge in [-0.15, -0.1) is 5.10 Å². The molecule has 0 aliphatic rings. The van der Waals surface area contributed by atoms with Crippen molar-refractivity contribution in [3.8, 4) is 6.07 Å². The molecule has 6 heteroatoms. The second-order valence-electron chi connectivity index (χ2n) is 4.67. The molecule has 1 aromatic carbocycles. The maximum Gasteiger partial charge on any atom is 0.249 e. The van der Waals surface area contributed by atoms with E-state index in [4.69, 9.17) is 5.26 Å². The summed E-state index contributed by atoms with van der Waals surface area (Å²) in [5, 5.41) is 19.4. The number of anilines is 1. The number of nitrogens with one attached hydrogen (secondary N) is 1. The zero-order valence-electron chi connectivity index (χ0n) is 11.9. The predicted molar refractivity (Wildman–Crippen MR) is 77.2 cm³/mol. The SMILES string of the molecule is Cc1nnc(NC(=O)C(C#N)Cc2ccccc2)nc1C. The van der Waals surface area contributed by atoms with E-state index in [2.05, 4.69) is 20.5 Å². The molecule has 1 heterocycles. The first kappa shape index (κ1) is 14.6. The van der Waals surface area contributed by atoms with E-state index >= 15 is 0 Å². The highest BCUT2D eigenvalue weighted by molar-refractivity contribution is 5.92. The molecule has 2 rings (SSSR count). The third kappa shape index (κ3) is 3.83. The highest BCUT2D eigenvalue weighted by atomic mass is 16.2. The molecular weight excluding hydrogens is 266 g/mol. The number of benzene rings is 1. The number of carbonyl (C=O) groups excluding carboxylic acids is 1. The summed E-state index contributed by atoms with van der Waals surface area (Å²) in [6.45, 7) is 3.57. The Balaban J connectivity index is 2.07. The average molecular weight is 281 g/mol. The number of amides is 1. The van der Waals surface area contributed by atoms with Gasteiger partial charge in [0.15, 0.2) is 0 Å². The highest BCUT2D eigenvalue weighted by Gasteiger charge is 2.19. The first-order chi connectivity index (χ1) is 10.1. The molecule has 2 aromatic rings. The average Bonchev–Trinajstić information content (AvgIpc) is 2.49. The number of carbonyl (C=O) groups is 1. The molecule has 0 saturated heterocycles. The normalized spacial score (nSPS) is 11.5. The van der Waals surface area contributed by atoms with Gasteiger partial charge in [0.25, 0.3) is 0 Å². The van der Waals surface area contributed by atoms with E-state index in [-0.39, 0.29) is 5.95 Å². The summed E-state index contributed by atoms with van der Waals surface area (Å²) in [6, 6.07) is 11.4. The van der Waals surface area contributed by atoms with E-state index in [1.54, 1.807) is 13.8 Å². The lowest BCUT2D eigenvalue weighted by Crippen LogP contribution is -2.25. The fraction of sp³-hybridized carbons (Fsp3) is 0.267. The molecule has 6 nitrogen and oxygen atoms in total. The van der Waals surface area contributed by atoms with Gasteiger partial charge < -0.3 is 0 Å². The topological polar surface area (TPSA) is 91.6 Å². The molecule has 0 bridgehead atoms. The molecule has 1 atom stereocenters. The van der Waals surface area contributed by atoms with Crippen molar-refractivity contribution < 1.29 is 4.79 Å². The Labute approximate surface area is 122 Å². The zero-order chi connectivity index (χ0) is 15.2. The van der Waals surface area contributed by atoms with Gasteiger partial charge in [-0.3, -0.25) is 10.1 Å². The van der Waals surface area contributed by atoms with Crippen LogP contribution < -0.4 is 5.32 Å². The van der Waals surface area contributed by atoms with E-state index in [9.17, 15) is 4.79 Å². The van der Waals surface area contributed by atoms with Gasteiger partial charge in [0.05, 0.1) is 17.5 Å². The van der Waals surface area contributed by atoms with Crippen molar-refractivity contribution in [2.75, 3.05) is 5.32 Å². The van der Waals surface area contributed by atoms with Gasteiger partial charge in [0, 0.05) is 0 Å². The molecule has 0 aliphatic carbocycles. The summed E-state index contributed by atoms with van der Waals surface area (Å²) in [7, 11) is 0. The minimum absolute atomic E-state index is 0.122. The molecule has 0 fully saturated rings. The number of aromatic nitrogens is 3. The molecule has 1 N–H and O–H groups in total. The standard InChI is InChI=1S/C15H15N5O/c1-10-11(2)19-20-15(17-10)18-14(21)13(9-16)8-12-6-4-3-5-7-12/h3-7,13H,8H2,1-2H3,(H,17,18,20,21). The molecule has 0 spiro atoms. The quantitative estimate of drug-likeness (QED) is 0.922. The van der Waals surface area contributed by atoms with Crippen LogP contribution in [-0.4, -0.2) is 21.1 Å². The lowest BCUT2D eigenvalue weighted by molar-refractivity contribution is -0.118. The summed E-state index contributed by atoms with van der Waals surface area (Å²) in [4.78, 5) is 16.2. The number of aryl methyl sites for hydroxylation is 2. The van der Waals surface area contributed by atoms with Crippen molar-refractivity contribution in [3.63, 3.8) is 0 Å². The lowest BCUT2D eigenvalue weighted by Gasteiger charge is -2.09. The van der Waals surface area contributed by atoms with Crippen LogP contribution in [0.3, 0.4) is 0 Å². The minimum Gasteiger partial charge on any atom is -0.292 e. The van der Waals surface area contributed by atoms with E-state index < -0.39 is 11.8 Å². The van der Waals surface area contributed by atoms with Gasteiger partial charge in [0.2, 0.25) is 11.9 Å². The molecule has 1 unspecified atom stereocenters. The fourth-order valence-corrected chi connectivity index (χ4v) is 1.75. The summed E-state index contributed by atoms with van der Waals surface area (Å²) in [6.07, 6.45) is 0.349. The second kappa shape index (κ2) is 6.57. The Morgan fingerprint density at radius 1 is 1.24 bits per heavy atom. The molecule has 0 radical (unpaired) electrons. The van der Waals surface area contributed by atoms with Gasteiger partial charge in [0.1, 0.15) is 5.92 Å². The molecule has 1 aromatic heterocycles. The molecule has 1 amide bonds. The van der Waals surface area contributed by atoms with Crippen molar-refractivity contribution >= 4 is 11.9 Å². The Morgan fingerprint density at radius 3 is 2.57 bits per heavy atom. The van der Waals surface area contributed by atoms with Gasteiger partial charge in [-0.05, 0) is 25.8 Å². The van der Waals surface area contributed by atoms with Gasteiger partial charge in [-0.25, -0.2) is 4.98 Å². The van der Waals surface area contributed by atoms with Crippen LogP contribution in [0.5, 0.6) is 0 Å². The minimum atomic E-state index is -0.794. The number of rotatable bonds is 4. The molecule has 0 saturated carbocycles. The van der Waals surface area contributed by atoms with Crippen LogP contribution in [0, 0.1) is 31.1 Å². The summed E-state index contributed by atoms with van der Waals surface area (Å²) >= 11 is 0. The first-order valence-corrected chi connectivity index (χ1v) is 6.52. The zero-order valence-corrected chi connectivity index (χ0v) is 11.9. The Hall–Kier alpha value is -2.81. The first-order valence-electron chi connectivity index (χ1n) is 6.52. The van der Waals surface area contributed by atoms with Gasteiger partial charge in [-0.1, -0.05) is 30.3 Å². The van der Waals surface area contributed by atoms with Crippen molar-refractivity contribution in [2.24, 2.45) is 5.92 Å². The van der Waals surface area contributed by atoms with Crippen LogP contribution in [0.25, 0.3) is 0 Å². The molecule has 0 aliphatic heterocycles. The Morgan fingerprint density at radius 2 is 1.95 bits per heavy atom. The van der Waals surface area contributed by atoms with Gasteiger partial charge >= 0.3 is 0 Å². The maximum absolute atomic E-state index is 12.1. The van der Waals surface area contributed by atoms with Gasteiger partial charge in [-0.2, -0.15) is 10.4 Å². The van der Waals surface area contributed by atoms with E-state index in [1.165, 1.54) is 0 Å². The van der Waals surface area contributed by atoms with Crippen LogP contribution in [0.15, 0.2) is 30.3 Å². The molecule has 21 heavy (non-hydrogen) atoms. The lowest BCUT2D eigenvalue weighted by atomic mass is 10.00. The van der Waals surface area contributed by atoms with Crippen LogP contribution in [0.1, 0.15) is 17.0 Å². The summed E-state index contributed by atoms with van der Waals surface area (Å²) < 4.78 is 0. The Bertz CT molecular complexity index is 678. The monoisotopic (exact) mass is 281 g/mol. The van der Waals surface area contributed by atoms with Crippen molar-refractivity contribution in [2.45, 2.75) is 20.3 Å². The predicted octanol–water partition coefficient (Wildman–Crippen LogP) is 1.81. The smallest absolute Gasteiger partial charge is 0.249 e. The number of nitriles is 1. The van der Waals surface area contributed by atoms with Crippen LogP contribution in [-0.2, 0) is 11.2 Å². The summed E-state index contributed by atoms with van der Waals surface area (Å²) in [5.41, 5.74) is 2.32. The van der Waals surface area contributed by atoms with Crippen LogP contribution in [0.2, 0.25) is 0 Å². The molecular formula is C15H15N5O. The van der Waals surface area contributed by atoms with E-state index in [1.807, 2.05) is 36.4 Å². The second-order valence-corrected chi connectivity index (χ2v) is 4.67. The largest absolute Gasteiger partial charge is 0.292 e. The van der Waals surface area contributed by atoms with Crippen molar-refractivity contribution in [1.82, 2.24) is 15.2 Å². The number of hydrogen-bond donors (Lipinski definition) is 1. The number of hydrogen-bond acceptors (Lipinski definition) is 5. The number of nitrogens with zero attached hydrogens (tertiary/aromatic N) is 4. The van der Waals surface area contributed by atoms with Crippen molar-refractivity contribution in [1.29, 1.82) is 5.26 Å². The van der Waals surface area contributed by atoms with Crippen molar-refractivity contribution in [3.05, 3.63) is 47.3 Å². The van der Waals surface area contributed by atoms with E-state index in [0.717, 1.165) is 5.56 Å². The van der Waals surface area contributed by atoms with Crippen LogP contribution >= 0.6 is 0 Å². The third-order valence-electron chi connectivity index (χ3n) is 3.08. The van der Waals surface area contributed by atoms with Crippen LogP contribution in [0.4, 0.5) is 5.95 Å². The highest BCUT2D eigenvalue weighted by Crippen LogP contribution is 2.10. The fourth-order valence-electron chi connectivity index (χ4n) is 1.75. The maximum atomic E-state index is 12.1. The molecule has 106 valence electrons. The third-order valence-corrected chi connectivity index (χ3v) is 3.08. The summed E-state index contributed by atoms with van der Waals surface area (Å²) in [5.74, 6) is -1.10. The Kier molecular flexibility index (Phi) is 4.57. The van der Waals surface area contributed by atoms with E-state index in [0.29, 0.717) is 17.8 Å².